The van der Waals surface area contributed by atoms with Crippen LogP contribution in [-0.4, -0.2) is 41.8 Å². The zero-order chi connectivity index (χ0) is 22.7. The number of ether oxygens (including phenoxy) is 4. The van der Waals surface area contributed by atoms with Crippen molar-refractivity contribution in [1.82, 2.24) is 14.5 Å². The summed E-state index contributed by atoms with van der Waals surface area (Å²) in [7, 11) is 6.56. The topological polar surface area (TPSA) is 99.6 Å². The molecule has 1 amide bonds. The van der Waals surface area contributed by atoms with Crippen LogP contribution in [0.3, 0.4) is 0 Å². The average Bonchev–Trinajstić information content (AvgIpc) is 3.44. The van der Waals surface area contributed by atoms with E-state index in [1.807, 2.05) is 17.8 Å². The largest absolute Gasteiger partial charge is 0.496 e. The molecule has 2 aromatic carbocycles. The molecule has 2 aromatic heterocycles. The fourth-order valence-electron chi connectivity index (χ4n) is 3.38. The summed E-state index contributed by atoms with van der Waals surface area (Å²) in [4.78, 5) is 20.2. The van der Waals surface area contributed by atoms with Gasteiger partial charge in [0.05, 0.1) is 26.8 Å². The van der Waals surface area contributed by atoms with E-state index in [0.717, 1.165) is 5.82 Å². The van der Waals surface area contributed by atoms with Gasteiger partial charge in [-0.25, -0.2) is 4.98 Å². The minimum atomic E-state index is -0.300. The van der Waals surface area contributed by atoms with Crippen LogP contribution in [0.4, 0.5) is 5.69 Å². The molecule has 0 fully saturated rings. The zero-order valence-corrected chi connectivity index (χ0v) is 18.3. The summed E-state index contributed by atoms with van der Waals surface area (Å²) in [6, 6.07) is 10.6. The number of imidazole rings is 1. The molecule has 4 aromatic rings. The molecule has 4 rings (SSSR count). The van der Waals surface area contributed by atoms with Crippen LogP contribution < -0.4 is 24.3 Å². The number of carbonyl (C=O) groups is 1. The number of aryl methyl sites for hydroxylation is 1. The number of nitrogens with one attached hydrogen (secondary N) is 2. The van der Waals surface area contributed by atoms with E-state index < -0.39 is 0 Å². The molecule has 2 N–H and O–H groups in total. The first-order valence-corrected chi connectivity index (χ1v) is 9.86. The average molecular weight is 436 g/mol. The molecular weight excluding hydrogens is 412 g/mol. The molecular formula is C23H24N4O5. The fraction of sp³-hybridized carbons (Fsp3) is 0.217. The number of carbonyl (C=O) groups excluding carboxylic acids is 1. The van der Waals surface area contributed by atoms with Gasteiger partial charge in [-0.05, 0) is 30.3 Å². The van der Waals surface area contributed by atoms with Crippen molar-refractivity contribution in [3.63, 3.8) is 0 Å². The smallest absolute Gasteiger partial charge is 0.272 e. The van der Waals surface area contributed by atoms with Crippen LogP contribution in [0, 0.1) is 0 Å². The first kappa shape index (κ1) is 21.1. The monoisotopic (exact) mass is 436 g/mol. The minimum Gasteiger partial charge on any atom is -0.496 e. The van der Waals surface area contributed by atoms with Crippen LogP contribution in [-0.2, 0) is 13.7 Å². The van der Waals surface area contributed by atoms with Gasteiger partial charge in [0.1, 0.15) is 29.6 Å². The molecule has 0 aliphatic rings. The standard InChI is InChI=1S/C23H24N4O5/c1-27-10-9-24-20(27)13-32-15-7-5-14(6-8-15)25-23(28)17-11-16-18(29-2)12-19(30-3)22(31-4)21(16)26-17/h5-12,26H,13H2,1-4H3,(H,25,28). The lowest BCUT2D eigenvalue weighted by atomic mass is 10.2. The maximum atomic E-state index is 12.8. The molecule has 0 spiro atoms. The SMILES string of the molecule is COc1cc(OC)c2cc(C(=O)Nc3ccc(OCc4nccn4C)cc3)[nH]c2c1OC. The van der Waals surface area contributed by atoms with Crippen molar-refractivity contribution in [3.05, 3.63) is 60.3 Å². The van der Waals surface area contributed by atoms with Gasteiger partial charge in [0, 0.05) is 36.6 Å². The summed E-state index contributed by atoms with van der Waals surface area (Å²) in [5.41, 5.74) is 1.61. The highest BCUT2D eigenvalue weighted by molar-refractivity contribution is 6.08. The Morgan fingerprint density at radius 2 is 1.81 bits per heavy atom. The van der Waals surface area contributed by atoms with Crippen molar-refractivity contribution in [1.29, 1.82) is 0 Å². The van der Waals surface area contributed by atoms with Crippen molar-refractivity contribution in [2.24, 2.45) is 7.05 Å². The molecule has 0 radical (unpaired) electrons. The number of hydrogen-bond acceptors (Lipinski definition) is 6. The Morgan fingerprint density at radius 3 is 2.44 bits per heavy atom. The number of amides is 1. The van der Waals surface area contributed by atoms with Gasteiger partial charge in [0.25, 0.3) is 5.91 Å². The summed E-state index contributed by atoms with van der Waals surface area (Å²) in [6.45, 7) is 0.359. The maximum absolute atomic E-state index is 12.8. The molecule has 32 heavy (non-hydrogen) atoms. The summed E-state index contributed by atoms with van der Waals surface area (Å²) in [5, 5.41) is 3.59. The molecule has 2 heterocycles. The Labute approximate surface area is 184 Å². The first-order chi connectivity index (χ1) is 15.5. The lowest BCUT2D eigenvalue weighted by molar-refractivity contribution is 0.102. The van der Waals surface area contributed by atoms with E-state index in [1.54, 1.807) is 63.9 Å². The van der Waals surface area contributed by atoms with E-state index in [-0.39, 0.29) is 5.91 Å². The lowest BCUT2D eigenvalue weighted by Crippen LogP contribution is -2.12. The number of methoxy groups -OCH3 is 3. The summed E-state index contributed by atoms with van der Waals surface area (Å²) in [5.74, 6) is 2.78. The highest BCUT2D eigenvalue weighted by Crippen LogP contribution is 2.41. The number of aromatic amines is 1. The van der Waals surface area contributed by atoms with Crippen molar-refractivity contribution in [2.75, 3.05) is 26.6 Å². The normalized spacial score (nSPS) is 10.8. The molecule has 0 unspecified atom stereocenters. The van der Waals surface area contributed by atoms with E-state index in [2.05, 4.69) is 15.3 Å². The molecule has 0 aliphatic heterocycles. The van der Waals surface area contributed by atoms with Crippen molar-refractivity contribution in [2.45, 2.75) is 6.61 Å². The second kappa shape index (κ2) is 8.93. The van der Waals surface area contributed by atoms with Crippen LogP contribution in [0.5, 0.6) is 23.0 Å². The summed E-state index contributed by atoms with van der Waals surface area (Å²) in [6.07, 6.45) is 3.59. The third-order valence-electron chi connectivity index (χ3n) is 5.09. The molecule has 166 valence electrons. The van der Waals surface area contributed by atoms with Gasteiger partial charge < -0.3 is 33.8 Å². The summed E-state index contributed by atoms with van der Waals surface area (Å²) >= 11 is 0. The fourth-order valence-corrected chi connectivity index (χ4v) is 3.38. The number of aromatic nitrogens is 3. The number of benzene rings is 2. The van der Waals surface area contributed by atoms with Crippen LogP contribution in [0.25, 0.3) is 10.9 Å². The third-order valence-corrected chi connectivity index (χ3v) is 5.09. The molecule has 9 nitrogen and oxygen atoms in total. The van der Waals surface area contributed by atoms with Crippen LogP contribution in [0.2, 0.25) is 0 Å². The van der Waals surface area contributed by atoms with Gasteiger partial charge in [-0.2, -0.15) is 0 Å². The van der Waals surface area contributed by atoms with E-state index in [4.69, 9.17) is 18.9 Å². The Balaban J connectivity index is 1.50. The van der Waals surface area contributed by atoms with Crippen LogP contribution in [0.1, 0.15) is 16.3 Å². The van der Waals surface area contributed by atoms with Crippen LogP contribution in [0.15, 0.2) is 48.8 Å². The lowest BCUT2D eigenvalue weighted by Gasteiger charge is -2.11. The number of anilines is 1. The predicted molar refractivity (Wildman–Crippen MR) is 120 cm³/mol. The molecule has 0 saturated heterocycles. The minimum absolute atomic E-state index is 0.300. The van der Waals surface area contributed by atoms with E-state index in [0.29, 0.717) is 51.9 Å². The molecule has 0 saturated carbocycles. The van der Waals surface area contributed by atoms with Gasteiger partial charge in [-0.3, -0.25) is 4.79 Å². The van der Waals surface area contributed by atoms with Gasteiger partial charge in [-0.1, -0.05) is 0 Å². The molecule has 9 heteroatoms. The van der Waals surface area contributed by atoms with E-state index in [9.17, 15) is 4.79 Å². The van der Waals surface area contributed by atoms with Gasteiger partial charge in [0.2, 0.25) is 0 Å². The van der Waals surface area contributed by atoms with Gasteiger partial charge >= 0.3 is 0 Å². The number of hydrogen-bond donors (Lipinski definition) is 2. The second-order valence-corrected chi connectivity index (χ2v) is 7.01. The second-order valence-electron chi connectivity index (χ2n) is 7.01. The zero-order valence-electron chi connectivity index (χ0n) is 18.3. The predicted octanol–water partition coefficient (Wildman–Crippen LogP) is 3.76. The number of nitrogens with zero attached hydrogens (tertiary/aromatic N) is 2. The van der Waals surface area contributed by atoms with Crippen molar-refractivity contribution >= 4 is 22.5 Å². The highest BCUT2D eigenvalue weighted by Gasteiger charge is 2.19. The Morgan fingerprint density at radius 1 is 1.06 bits per heavy atom. The quantitative estimate of drug-likeness (QED) is 0.436. The summed E-state index contributed by atoms with van der Waals surface area (Å²) < 4.78 is 23.9. The highest BCUT2D eigenvalue weighted by atomic mass is 16.5. The van der Waals surface area contributed by atoms with Gasteiger partial charge in [-0.15, -0.1) is 0 Å². The van der Waals surface area contributed by atoms with E-state index in [1.165, 1.54) is 0 Å². The Kier molecular flexibility index (Phi) is 5.89. The third kappa shape index (κ3) is 4.04. The number of rotatable bonds is 8. The first-order valence-electron chi connectivity index (χ1n) is 9.86. The Hall–Kier alpha value is -4.14. The number of H-pyrrole nitrogens is 1. The molecule has 0 aliphatic carbocycles. The number of fused-ring (bicyclic) bond motifs is 1. The molecule has 0 bridgehead atoms. The van der Waals surface area contributed by atoms with Crippen molar-refractivity contribution < 1.29 is 23.7 Å². The van der Waals surface area contributed by atoms with E-state index >= 15 is 0 Å². The van der Waals surface area contributed by atoms with Crippen LogP contribution >= 0.6 is 0 Å². The van der Waals surface area contributed by atoms with Gasteiger partial charge in [0.15, 0.2) is 11.5 Å². The van der Waals surface area contributed by atoms with Crippen molar-refractivity contribution in [3.8, 4) is 23.0 Å². The maximum Gasteiger partial charge on any atom is 0.272 e. The Bertz CT molecular complexity index is 1240. The molecule has 0 atom stereocenters.